The molecule has 4 amide bonds. The number of hydrogen-bond donors (Lipinski definition) is 0. The van der Waals surface area contributed by atoms with E-state index in [1.54, 1.807) is 18.2 Å². The molecule has 1 heterocycles. The Kier molecular flexibility index (Phi) is 3.57. The van der Waals surface area contributed by atoms with Crippen LogP contribution < -0.4 is 4.74 Å². The van der Waals surface area contributed by atoms with Crippen LogP contribution in [0.4, 0.5) is 4.79 Å². The second kappa shape index (κ2) is 5.00. The molecule has 1 saturated heterocycles. The first-order chi connectivity index (χ1) is 8.95. The fourth-order valence-corrected chi connectivity index (χ4v) is 2.20. The van der Waals surface area contributed by atoms with Crippen molar-refractivity contribution in [2.45, 2.75) is 6.54 Å². The number of imide groups is 2. The van der Waals surface area contributed by atoms with Gasteiger partial charge >= 0.3 is 17.8 Å². The Morgan fingerprint density at radius 2 is 1.89 bits per heavy atom. The largest absolute Gasteiger partial charge is 0.496 e. The van der Waals surface area contributed by atoms with Crippen molar-refractivity contribution in [2.75, 3.05) is 14.2 Å². The molecule has 0 atom stereocenters. The number of nitrogens with zero attached hydrogens (tertiary/aromatic N) is 2. The number of ether oxygens (including phenoxy) is 1. The summed E-state index contributed by atoms with van der Waals surface area (Å²) in [5.74, 6) is -1.10. The summed E-state index contributed by atoms with van der Waals surface area (Å²) in [5, 5.41) is 0. The lowest BCUT2D eigenvalue weighted by atomic mass is 10.2. The molecule has 0 saturated carbocycles. The average Bonchev–Trinajstić information content (AvgIpc) is 2.57. The third-order valence-corrected chi connectivity index (χ3v) is 3.31. The predicted octanol–water partition coefficient (Wildman–Crippen LogP) is 1.38. The quantitative estimate of drug-likeness (QED) is 0.621. The highest BCUT2D eigenvalue weighted by atomic mass is 79.9. The molecule has 1 aliphatic rings. The van der Waals surface area contributed by atoms with Crippen molar-refractivity contribution in [1.29, 1.82) is 0 Å². The monoisotopic (exact) mass is 326 g/mol. The molecule has 1 aromatic carbocycles. The minimum atomic E-state index is -0.825. The molecule has 0 spiro atoms. The Labute approximate surface area is 118 Å². The highest BCUT2D eigenvalue weighted by molar-refractivity contribution is 9.10. The Morgan fingerprint density at radius 1 is 1.21 bits per heavy atom. The van der Waals surface area contributed by atoms with Gasteiger partial charge in [-0.15, -0.1) is 0 Å². The van der Waals surface area contributed by atoms with E-state index in [9.17, 15) is 14.4 Å². The van der Waals surface area contributed by atoms with Gasteiger partial charge < -0.3 is 4.74 Å². The summed E-state index contributed by atoms with van der Waals surface area (Å²) in [5.41, 5.74) is 0.640. The van der Waals surface area contributed by atoms with Crippen LogP contribution in [0.3, 0.4) is 0 Å². The molecule has 0 N–H and O–H groups in total. The lowest BCUT2D eigenvalue weighted by Crippen LogP contribution is -2.31. The number of halogens is 1. The van der Waals surface area contributed by atoms with Gasteiger partial charge in [-0.05, 0) is 18.2 Å². The molecule has 1 aliphatic heterocycles. The molecule has 0 unspecified atom stereocenters. The molecule has 100 valence electrons. The van der Waals surface area contributed by atoms with Gasteiger partial charge in [-0.3, -0.25) is 19.4 Å². The van der Waals surface area contributed by atoms with Crippen LogP contribution in [0, 0.1) is 0 Å². The summed E-state index contributed by atoms with van der Waals surface area (Å²) in [6, 6.07) is 4.61. The summed E-state index contributed by atoms with van der Waals surface area (Å²) >= 11 is 3.31. The van der Waals surface area contributed by atoms with E-state index in [1.807, 2.05) is 0 Å². The molecule has 6 nitrogen and oxygen atoms in total. The number of carbonyl (C=O) groups excluding carboxylic acids is 3. The van der Waals surface area contributed by atoms with E-state index >= 15 is 0 Å². The van der Waals surface area contributed by atoms with Gasteiger partial charge in [0.15, 0.2) is 0 Å². The van der Waals surface area contributed by atoms with Crippen molar-refractivity contribution in [1.82, 2.24) is 9.80 Å². The van der Waals surface area contributed by atoms with Crippen LogP contribution in [-0.2, 0) is 16.1 Å². The van der Waals surface area contributed by atoms with Crippen molar-refractivity contribution >= 4 is 33.8 Å². The summed E-state index contributed by atoms with van der Waals surface area (Å²) in [7, 11) is 2.78. The van der Waals surface area contributed by atoms with E-state index in [-0.39, 0.29) is 6.54 Å². The fourth-order valence-electron chi connectivity index (χ4n) is 1.79. The molecule has 1 aromatic rings. The third kappa shape index (κ3) is 2.33. The third-order valence-electron chi connectivity index (χ3n) is 2.82. The Hall–Kier alpha value is -1.89. The predicted molar refractivity (Wildman–Crippen MR) is 69.4 cm³/mol. The second-order valence-electron chi connectivity index (χ2n) is 3.99. The first-order valence-electron chi connectivity index (χ1n) is 5.41. The Bertz CT molecular complexity index is 573. The van der Waals surface area contributed by atoms with E-state index in [0.717, 1.165) is 14.3 Å². The molecule has 1 fully saturated rings. The van der Waals surface area contributed by atoms with Gasteiger partial charge in [-0.25, -0.2) is 4.79 Å². The summed E-state index contributed by atoms with van der Waals surface area (Å²) in [6.45, 7) is -0.00361. The first-order valence-corrected chi connectivity index (χ1v) is 6.21. The number of methoxy groups -OCH3 is 1. The maximum absolute atomic E-state index is 11.8. The lowest BCUT2D eigenvalue weighted by Gasteiger charge is -2.15. The lowest BCUT2D eigenvalue weighted by molar-refractivity contribution is -0.143. The molecular weight excluding hydrogens is 316 g/mol. The van der Waals surface area contributed by atoms with Crippen molar-refractivity contribution in [2.24, 2.45) is 0 Å². The molecule has 0 aromatic heterocycles. The van der Waals surface area contributed by atoms with Gasteiger partial charge in [0.2, 0.25) is 0 Å². The van der Waals surface area contributed by atoms with E-state index in [2.05, 4.69) is 15.9 Å². The maximum Gasteiger partial charge on any atom is 0.334 e. The molecule has 2 rings (SSSR count). The van der Waals surface area contributed by atoms with Crippen LogP contribution in [0.15, 0.2) is 22.7 Å². The van der Waals surface area contributed by atoms with E-state index in [1.165, 1.54) is 14.2 Å². The van der Waals surface area contributed by atoms with Gasteiger partial charge in [0.25, 0.3) is 0 Å². The van der Waals surface area contributed by atoms with Gasteiger partial charge in [-0.1, -0.05) is 15.9 Å². The zero-order valence-electron chi connectivity index (χ0n) is 10.3. The number of amides is 4. The van der Waals surface area contributed by atoms with E-state index in [4.69, 9.17) is 4.74 Å². The smallest absolute Gasteiger partial charge is 0.334 e. The minimum absolute atomic E-state index is 0.00361. The molecular formula is C12H11BrN2O4. The van der Waals surface area contributed by atoms with Crippen molar-refractivity contribution < 1.29 is 19.1 Å². The van der Waals surface area contributed by atoms with Crippen LogP contribution in [0.2, 0.25) is 0 Å². The maximum atomic E-state index is 11.8. The number of rotatable bonds is 3. The van der Waals surface area contributed by atoms with Crippen LogP contribution in [0.25, 0.3) is 0 Å². The SMILES string of the molecule is COc1ccc(Br)cc1CN1C(=O)C(=O)N(C)C1=O. The number of urea groups is 1. The van der Waals surface area contributed by atoms with E-state index in [0.29, 0.717) is 11.3 Å². The fraction of sp³-hybridized carbons (Fsp3) is 0.250. The molecule has 0 radical (unpaired) electrons. The normalized spacial score (nSPS) is 15.4. The van der Waals surface area contributed by atoms with E-state index < -0.39 is 17.8 Å². The Morgan fingerprint density at radius 3 is 2.42 bits per heavy atom. The zero-order valence-corrected chi connectivity index (χ0v) is 11.9. The highest BCUT2D eigenvalue weighted by Crippen LogP contribution is 2.25. The minimum Gasteiger partial charge on any atom is -0.496 e. The van der Waals surface area contributed by atoms with Gasteiger partial charge in [-0.2, -0.15) is 0 Å². The van der Waals surface area contributed by atoms with Crippen LogP contribution in [0.1, 0.15) is 5.56 Å². The van der Waals surface area contributed by atoms with Gasteiger partial charge in [0.1, 0.15) is 5.75 Å². The molecule has 0 aliphatic carbocycles. The average molecular weight is 327 g/mol. The van der Waals surface area contributed by atoms with Crippen molar-refractivity contribution in [3.63, 3.8) is 0 Å². The van der Waals surface area contributed by atoms with Crippen LogP contribution >= 0.6 is 15.9 Å². The van der Waals surface area contributed by atoms with Crippen LogP contribution in [-0.4, -0.2) is 41.8 Å². The molecule has 7 heteroatoms. The highest BCUT2D eigenvalue weighted by Gasteiger charge is 2.42. The number of hydrogen-bond acceptors (Lipinski definition) is 4. The topological polar surface area (TPSA) is 66.9 Å². The second-order valence-corrected chi connectivity index (χ2v) is 4.91. The number of likely N-dealkylation sites (N-methyl/N-ethyl adjacent to an activating group) is 1. The molecule has 19 heavy (non-hydrogen) atoms. The summed E-state index contributed by atoms with van der Waals surface area (Å²) < 4.78 is 5.96. The molecule has 0 bridgehead atoms. The zero-order chi connectivity index (χ0) is 14.2. The standard InChI is InChI=1S/C12H11BrN2O4/c1-14-10(16)11(17)15(12(14)18)6-7-5-8(13)3-4-9(7)19-2/h3-5H,6H2,1-2H3. The van der Waals surface area contributed by atoms with Crippen LogP contribution in [0.5, 0.6) is 5.75 Å². The van der Waals surface area contributed by atoms with Gasteiger partial charge in [0, 0.05) is 17.1 Å². The number of benzene rings is 1. The first kappa shape index (κ1) is 13.5. The van der Waals surface area contributed by atoms with Gasteiger partial charge in [0.05, 0.1) is 13.7 Å². The summed E-state index contributed by atoms with van der Waals surface area (Å²) in [4.78, 5) is 36.6. The number of carbonyl (C=O) groups is 3. The van der Waals surface area contributed by atoms with Crippen molar-refractivity contribution in [3.05, 3.63) is 28.2 Å². The van der Waals surface area contributed by atoms with Crippen molar-refractivity contribution in [3.8, 4) is 5.75 Å². The summed E-state index contributed by atoms with van der Waals surface area (Å²) in [6.07, 6.45) is 0. The Balaban J connectivity index is 2.31.